The number of aromatic nitrogens is 3. The number of nitrogens with zero attached hydrogens (tertiary/aromatic N) is 3. The van der Waals surface area contributed by atoms with E-state index in [1.165, 1.54) is 10.9 Å². The molecule has 0 aliphatic carbocycles. The van der Waals surface area contributed by atoms with Crippen LogP contribution in [0.4, 0.5) is 0 Å². The van der Waals surface area contributed by atoms with Crippen molar-refractivity contribution in [3.8, 4) is 28.9 Å². The third kappa shape index (κ3) is 3.01. The highest BCUT2D eigenvalue weighted by atomic mass is 16.7. The molecular weight excluding hydrogens is 338 g/mol. The Labute approximate surface area is 149 Å². The van der Waals surface area contributed by atoms with Crippen LogP contribution < -0.4 is 14.2 Å². The molecule has 4 rings (SSSR count). The van der Waals surface area contributed by atoms with E-state index >= 15 is 0 Å². The van der Waals surface area contributed by atoms with Crippen LogP contribution in [0.3, 0.4) is 0 Å². The number of fused-ring (bicyclic) bond motifs is 1. The minimum Gasteiger partial charge on any atom is -0.462 e. The number of hydrogen-bond acceptors (Lipinski definition) is 7. The van der Waals surface area contributed by atoms with Crippen molar-refractivity contribution in [1.82, 2.24) is 14.8 Å². The van der Waals surface area contributed by atoms with Crippen LogP contribution >= 0.6 is 0 Å². The molecular formula is C18H17N3O5. The second kappa shape index (κ2) is 6.55. The molecule has 0 saturated heterocycles. The Balaban J connectivity index is 1.75. The zero-order valence-electron chi connectivity index (χ0n) is 14.3. The second-order valence-corrected chi connectivity index (χ2v) is 6.19. The van der Waals surface area contributed by atoms with E-state index in [0.717, 1.165) is 0 Å². The largest absolute Gasteiger partial charge is 0.462 e. The Morgan fingerprint density at radius 1 is 1.27 bits per heavy atom. The number of rotatable bonds is 5. The van der Waals surface area contributed by atoms with E-state index in [0.29, 0.717) is 35.4 Å². The van der Waals surface area contributed by atoms with Crippen molar-refractivity contribution in [2.24, 2.45) is 5.92 Å². The van der Waals surface area contributed by atoms with Crippen LogP contribution in [0.1, 0.15) is 24.4 Å². The molecule has 0 spiro atoms. The fraction of sp³-hybridized carbons (Fsp3) is 0.278. The summed E-state index contributed by atoms with van der Waals surface area (Å²) < 4.78 is 22.7. The topological polar surface area (TPSA) is 88.6 Å². The smallest absolute Gasteiger partial charge is 0.336 e. The zero-order chi connectivity index (χ0) is 18.1. The van der Waals surface area contributed by atoms with Crippen molar-refractivity contribution in [1.29, 1.82) is 0 Å². The molecule has 0 atom stereocenters. The first-order valence-corrected chi connectivity index (χ1v) is 8.20. The second-order valence-electron chi connectivity index (χ2n) is 6.19. The van der Waals surface area contributed by atoms with Crippen LogP contribution in [0.15, 0.2) is 41.0 Å². The van der Waals surface area contributed by atoms with Crippen LogP contribution in [0.25, 0.3) is 11.4 Å². The summed E-state index contributed by atoms with van der Waals surface area (Å²) in [4.78, 5) is 17.1. The zero-order valence-corrected chi connectivity index (χ0v) is 14.3. The molecule has 0 unspecified atom stereocenters. The molecule has 0 fully saturated rings. The molecule has 0 radical (unpaired) electrons. The average Bonchev–Trinajstić information content (AvgIpc) is 3.38. The van der Waals surface area contributed by atoms with Crippen molar-refractivity contribution in [2.75, 3.05) is 13.4 Å². The lowest BCUT2D eigenvalue weighted by atomic mass is 10.2. The first-order valence-electron chi connectivity index (χ1n) is 8.20. The maximum Gasteiger partial charge on any atom is 0.336 e. The predicted molar refractivity (Wildman–Crippen MR) is 90.4 cm³/mol. The van der Waals surface area contributed by atoms with Gasteiger partial charge in [-0.2, -0.15) is 9.67 Å². The van der Waals surface area contributed by atoms with Gasteiger partial charge in [-0.05, 0) is 36.2 Å². The van der Waals surface area contributed by atoms with Crippen LogP contribution in [-0.4, -0.2) is 34.1 Å². The van der Waals surface area contributed by atoms with Gasteiger partial charge in [-0.1, -0.05) is 13.8 Å². The van der Waals surface area contributed by atoms with E-state index < -0.39 is 5.91 Å². The fourth-order valence-corrected chi connectivity index (χ4v) is 2.46. The highest BCUT2D eigenvalue weighted by Crippen LogP contribution is 2.35. The number of ether oxygens (including phenoxy) is 3. The highest BCUT2D eigenvalue weighted by Gasteiger charge is 2.23. The van der Waals surface area contributed by atoms with Gasteiger partial charge in [0.25, 0.3) is 0 Å². The third-order valence-corrected chi connectivity index (χ3v) is 3.69. The van der Waals surface area contributed by atoms with E-state index in [-0.39, 0.29) is 18.6 Å². The lowest BCUT2D eigenvalue weighted by Crippen LogP contribution is -2.14. The predicted octanol–water partition coefficient (Wildman–Crippen LogP) is 2.99. The molecule has 134 valence electrons. The first-order chi connectivity index (χ1) is 12.6. The van der Waals surface area contributed by atoms with E-state index in [4.69, 9.17) is 18.6 Å². The summed E-state index contributed by atoms with van der Waals surface area (Å²) in [7, 11) is 0. The monoisotopic (exact) mass is 355 g/mol. The van der Waals surface area contributed by atoms with Gasteiger partial charge in [0.1, 0.15) is 0 Å². The summed E-state index contributed by atoms with van der Waals surface area (Å²) in [5.74, 6) is 1.60. The lowest BCUT2D eigenvalue weighted by molar-refractivity contribution is 0.0916. The molecule has 3 aromatic rings. The van der Waals surface area contributed by atoms with Gasteiger partial charge in [0.15, 0.2) is 23.1 Å². The summed E-state index contributed by atoms with van der Waals surface area (Å²) in [6, 6.07) is 8.65. The number of benzene rings is 1. The van der Waals surface area contributed by atoms with Gasteiger partial charge in [-0.15, -0.1) is 5.10 Å². The van der Waals surface area contributed by atoms with Crippen LogP contribution in [0, 0.1) is 5.92 Å². The molecule has 0 bridgehead atoms. The molecule has 0 saturated carbocycles. The van der Waals surface area contributed by atoms with Crippen molar-refractivity contribution in [3.05, 3.63) is 42.4 Å². The summed E-state index contributed by atoms with van der Waals surface area (Å²) >= 11 is 0. The van der Waals surface area contributed by atoms with Gasteiger partial charge in [-0.25, -0.2) is 0 Å². The fourth-order valence-electron chi connectivity index (χ4n) is 2.46. The quantitative estimate of drug-likeness (QED) is 0.695. The van der Waals surface area contributed by atoms with Crippen molar-refractivity contribution in [3.63, 3.8) is 0 Å². The molecule has 1 aliphatic heterocycles. The van der Waals surface area contributed by atoms with E-state index in [9.17, 15) is 4.79 Å². The van der Waals surface area contributed by atoms with E-state index in [2.05, 4.69) is 10.1 Å². The first kappa shape index (κ1) is 16.2. The molecule has 1 aromatic carbocycles. The standard InChI is InChI=1S/C18H17N3O5/c1-11(2)9-24-18-19-16(12-5-6-13-15(8-12)26-10-25-13)21(20-18)17(22)14-4-3-7-23-14/h3-8,11H,9-10H2,1-2H3. The molecule has 8 nitrogen and oxygen atoms in total. The number of hydrogen-bond donors (Lipinski definition) is 0. The maximum atomic E-state index is 12.7. The minimum absolute atomic E-state index is 0.131. The number of carbonyl (C=O) groups excluding carboxylic acids is 1. The van der Waals surface area contributed by atoms with Gasteiger partial charge >= 0.3 is 11.9 Å². The molecule has 1 aliphatic rings. The average molecular weight is 355 g/mol. The molecule has 0 amide bonds. The Bertz CT molecular complexity index is 930. The Hall–Kier alpha value is -3.29. The molecule has 0 N–H and O–H groups in total. The lowest BCUT2D eigenvalue weighted by Gasteiger charge is -2.03. The van der Waals surface area contributed by atoms with Gasteiger partial charge in [0.05, 0.1) is 12.9 Å². The van der Waals surface area contributed by atoms with Gasteiger partial charge in [-0.3, -0.25) is 4.79 Å². The summed E-state index contributed by atoms with van der Waals surface area (Å²) in [5.41, 5.74) is 0.654. The van der Waals surface area contributed by atoms with Crippen molar-refractivity contribution < 1.29 is 23.4 Å². The SMILES string of the molecule is CC(C)COc1nc(-c2ccc3c(c2)OCO3)n(C(=O)c2ccco2)n1. The summed E-state index contributed by atoms with van der Waals surface area (Å²) in [5, 5.41) is 4.21. The number of carbonyl (C=O) groups is 1. The van der Waals surface area contributed by atoms with Gasteiger partial charge in [0, 0.05) is 5.56 Å². The Morgan fingerprint density at radius 2 is 2.12 bits per heavy atom. The van der Waals surface area contributed by atoms with Crippen LogP contribution in [0.5, 0.6) is 17.5 Å². The summed E-state index contributed by atoms with van der Waals surface area (Å²) in [6.07, 6.45) is 1.43. The van der Waals surface area contributed by atoms with Gasteiger partial charge < -0.3 is 18.6 Å². The highest BCUT2D eigenvalue weighted by molar-refractivity contribution is 5.95. The minimum atomic E-state index is -0.436. The van der Waals surface area contributed by atoms with Crippen LogP contribution in [-0.2, 0) is 0 Å². The van der Waals surface area contributed by atoms with Crippen molar-refractivity contribution in [2.45, 2.75) is 13.8 Å². The van der Waals surface area contributed by atoms with E-state index in [1.807, 2.05) is 13.8 Å². The Morgan fingerprint density at radius 3 is 2.88 bits per heavy atom. The molecule has 3 heterocycles. The van der Waals surface area contributed by atoms with Crippen LogP contribution in [0.2, 0.25) is 0 Å². The molecule has 8 heteroatoms. The molecule has 26 heavy (non-hydrogen) atoms. The normalized spacial score (nSPS) is 12.6. The van der Waals surface area contributed by atoms with Crippen molar-refractivity contribution >= 4 is 5.91 Å². The Kier molecular flexibility index (Phi) is 4.08. The third-order valence-electron chi connectivity index (χ3n) is 3.69. The maximum absolute atomic E-state index is 12.7. The molecule has 2 aromatic heterocycles. The summed E-state index contributed by atoms with van der Waals surface area (Å²) in [6.45, 7) is 4.65. The van der Waals surface area contributed by atoms with E-state index in [1.54, 1.807) is 30.3 Å². The van der Waals surface area contributed by atoms with Gasteiger partial charge in [0.2, 0.25) is 6.79 Å². The number of furan rings is 1.